The summed E-state index contributed by atoms with van der Waals surface area (Å²) in [7, 11) is 0. The lowest BCUT2D eigenvalue weighted by Gasteiger charge is -2.28. The summed E-state index contributed by atoms with van der Waals surface area (Å²) >= 11 is 0. The van der Waals surface area contributed by atoms with Crippen LogP contribution in [0.15, 0.2) is 73.3 Å². The summed E-state index contributed by atoms with van der Waals surface area (Å²) in [6.07, 6.45) is 46.8. The topological polar surface area (TPSA) is 70.0 Å². The quantitative estimate of drug-likeness (QED) is 0.0506. The van der Waals surface area contributed by atoms with E-state index >= 15 is 0 Å². The van der Waals surface area contributed by atoms with Crippen molar-refractivity contribution in [1.29, 1.82) is 0 Å². The Labute approximate surface area is 397 Å². The molecule has 2 aromatic heterocycles. The summed E-state index contributed by atoms with van der Waals surface area (Å²) < 4.78 is 11.7. The maximum absolute atomic E-state index is 5.88. The van der Waals surface area contributed by atoms with Gasteiger partial charge in [-0.3, -0.25) is 0 Å². The van der Waals surface area contributed by atoms with Gasteiger partial charge < -0.3 is 9.47 Å². The Hall–Kier alpha value is -3.80. The van der Waals surface area contributed by atoms with Crippen LogP contribution in [-0.4, -0.2) is 33.1 Å². The molecule has 0 atom stereocenters. The van der Waals surface area contributed by atoms with Crippen LogP contribution in [0.25, 0.3) is 22.8 Å². The molecule has 0 aliphatic heterocycles. The first-order valence-electron chi connectivity index (χ1n) is 27.1. The number of ether oxygens (including phenoxy) is 2. The van der Waals surface area contributed by atoms with Crippen LogP contribution in [0.2, 0.25) is 0 Å². The van der Waals surface area contributed by atoms with Gasteiger partial charge >= 0.3 is 0 Å². The van der Waals surface area contributed by atoms with Gasteiger partial charge in [0.15, 0.2) is 11.6 Å². The lowest BCUT2D eigenvalue weighted by Crippen LogP contribution is -2.15. The van der Waals surface area contributed by atoms with E-state index < -0.39 is 0 Å². The highest BCUT2D eigenvalue weighted by Gasteiger charge is 2.22. The Morgan fingerprint density at radius 2 is 0.692 bits per heavy atom. The van der Waals surface area contributed by atoms with Crippen molar-refractivity contribution in [3.63, 3.8) is 0 Å². The third-order valence-corrected chi connectivity index (χ3v) is 14.5. The van der Waals surface area contributed by atoms with Crippen molar-refractivity contribution in [3.8, 4) is 34.3 Å². The molecule has 6 heteroatoms. The van der Waals surface area contributed by atoms with Crippen LogP contribution in [0, 0.1) is 23.7 Å². The van der Waals surface area contributed by atoms with E-state index in [2.05, 4.69) is 71.9 Å². The van der Waals surface area contributed by atoms with Crippen LogP contribution in [-0.2, 0) is 12.8 Å². The molecular formula is C59H90N4O2. The Balaban J connectivity index is 0.000000244. The molecule has 0 unspecified atom stereocenters. The van der Waals surface area contributed by atoms with Gasteiger partial charge in [0.05, 0.1) is 13.2 Å². The molecule has 358 valence electrons. The van der Waals surface area contributed by atoms with Gasteiger partial charge in [0.2, 0.25) is 0 Å². The SMILES string of the molecule is CCCCCCCOc1ccc(-c2ncc(CCC3CCC(CCCC)CC3)cn2)cc1.CCCCCCCOc1ccc(-c2ncc(CCC3CCC(CCCCC)CC3)cn2)cc1. The lowest BCUT2D eigenvalue weighted by atomic mass is 9.78. The molecule has 2 fully saturated rings. The van der Waals surface area contributed by atoms with Gasteiger partial charge in [-0.1, -0.05) is 175 Å². The summed E-state index contributed by atoms with van der Waals surface area (Å²) in [6.45, 7) is 10.7. The van der Waals surface area contributed by atoms with Crippen molar-refractivity contribution in [2.75, 3.05) is 13.2 Å². The fourth-order valence-electron chi connectivity index (χ4n) is 9.99. The Morgan fingerprint density at radius 1 is 0.369 bits per heavy atom. The van der Waals surface area contributed by atoms with Crippen LogP contribution in [0.5, 0.6) is 11.5 Å². The van der Waals surface area contributed by atoms with E-state index in [0.717, 1.165) is 96.8 Å². The molecule has 0 spiro atoms. The zero-order chi connectivity index (χ0) is 45.6. The van der Waals surface area contributed by atoms with Crippen molar-refractivity contribution in [2.24, 2.45) is 23.7 Å². The minimum atomic E-state index is 0.800. The van der Waals surface area contributed by atoms with Crippen LogP contribution in [0.3, 0.4) is 0 Å². The lowest BCUT2D eigenvalue weighted by molar-refractivity contribution is 0.249. The van der Waals surface area contributed by atoms with Crippen molar-refractivity contribution in [3.05, 3.63) is 84.4 Å². The van der Waals surface area contributed by atoms with Crippen molar-refractivity contribution < 1.29 is 9.47 Å². The van der Waals surface area contributed by atoms with Gasteiger partial charge in [0.25, 0.3) is 0 Å². The molecule has 6 rings (SSSR count). The summed E-state index contributed by atoms with van der Waals surface area (Å²) in [5.41, 5.74) is 4.65. The molecule has 4 aromatic rings. The zero-order valence-corrected chi connectivity index (χ0v) is 41.8. The van der Waals surface area contributed by atoms with E-state index in [1.165, 1.54) is 172 Å². The average Bonchev–Trinajstić information content (AvgIpc) is 3.36. The van der Waals surface area contributed by atoms with Crippen molar-refractivity contribution in [1.82, 2.24) is 19.9 Å². The first kappa shape index (κ1) is 52.2. The maximum Gasteiger partial charge on any atom is 0.159 e. The molecule has 65 heavy (non-hydrogen) atoms. The molecule has 2 heterocycles. The van der Waals surface area contributed by atoms with Gasteiger partial charge in [-0.25, -0.2) is 19.9 Å². The molecule has 0 saturated heterocycles. The predicted molar refractivity (Wildman–Crippen MR) is 275 cm³/mol. The Bertz CT molecular complexity index is 1740. The largest absolute Gasteiger partial charge is 0.494 e. The molecule has 2 aromatic carbocycles. The third kappa shape index (κ3) is 20.7. The molecule has 0 amide bonds. The van der Waals surface area contributed by atoms with Gasteiger partial charge in [0, 0.05) is 35.9 Å². The fourth-order valence-corrected chi connectivity index (χ4v) is 9.99. The number of unbranched alkanes of at least 4 members (excludes halogenated alkanes) is 11. The van der Waals surface area contributed by atoms with E-state index in [0.29, 0.717) is 0 Å². The van der Waals surface area contributed by atoms with Gasteiger partial charge in [-0.2, -0.15) is 0 Å². The van der Waals surface area contributed by atoms with Crippen molar-refractivity contribution in [2.45, 2.75) is 214 Å². The molecule has 6 nitrogen and oxygen atoms in total. The monoisotopic (exact) mass is 887 g/mol. The number of benzene rings is 2. The van der Waals surface area contributed by atoms with Crippen LogP contribution >= 0.6 is 0 Å². The van der Waals surface area contributed by atoms with E-state index in [1.54, 1.807) is 0 Å². The number of nitrogens with zero attached hydrogens (tertiary/aromatic N) is 4. The van der Waals surface area contributed by atoms with E-state index in [-0.39, 0.29) is 0 Å². The number of hydrogen-bond acceptors (Lipinski definition) is 6. The highest BCUT2D eigenvalue weighted by Crippen LogP contribution is 2.35. The Kier molecular flexibility index (Phi) is 25.7. The smallest absolute Gasteiger partial charge is 0.159 e. The first-order chi connectivity index (χ1) is 32.1. The number of rotatable bonds is 29. The van der Waals surface area contributed by atoms with Crippen LogP contribution in [0.1, 0.15) is 212 Å². The third-order valence-electron chi connectivity index (χ3n) is 14.5. The summed E-state index contributed by atoms with van der Waals surface area (Å²) in [5, 5.41) is 0. The summed E-state index contributed by atoms with van der Waals surface area (Å²) in [5.74, 6) is 7.26. The van der Waals surface area contributed by atoms with E-state index in [1.807, 2.05) is 49.1 Å². The van der Waals surface area contributed by atoms with Crippen LogP contribution < -0.4 is 9.47 Å². The highest BCUT2D eigenvalue weighted by atomic mass is 16.5. The molecule has 2 aliphatic rings. The minimum absolute atomic E-state index is 0.800. The number of hydrogen-bond donors (Lipinski definition) is 0. The van der Waals surface area contributed by atoms with Crippen LogP contribution in [0.4, 0.5) is 0 Å². The minimum Gasteiger partial charge on any atom is -0.494 e. The summed E-state index contributed by atoms with van der Waals surface area (Å²) in [6, 6.07) is 16.4. The fraction of sp³-hybridized carbons (Fsp3) is 0.661. The highest BCUT2D eigenvalue weighted by molar-refractivity contribution is 5.56. The standard InChI is InChI=1S/C30H46N2O.C29H44N2O/c1-3-5-7-8-10-22-33-29-20-18-28(19-21-29)30-31-23-27(24-32-30)17-16-26-14-12-25(13-15-26)11-9-6-4-2;1-3-5-7-8-9-21-32-28-19-17-27(18-20-28)29-30-22-26(23-31-29)16-15-25-13-11-24(12-14-25)10-6-4-2/h18-21,23-26H,3-17,22H2,1-2H3;17-20,22-25H,3-16,21H2,1-2H3. The molecule has 2 aliphatic carbocycles. The van der Waals surface area contributed by atoms with E-state index in [4.69, 9.17) is 9.47 Å². The second-order valence-electron chi connectivity index (χ2n) is 19.9. The second-order valence-corrected chi connectivity index (χ2v) is 19.9. The molecular weight excluding hydrogens is 797 g/mol. The second kappa shape index (κ2) is 32.0. The molecule has 0 bridgehead atoms. The molecule has 0 radical (unpaired) electrons. The average molecular weight is 887 g/mol. The first-order valence-corrected chi connectivity index (χ1v) is 27.1. The molecule has 0 N–H and O–H groups in total. The predicted octanol–water partition coefficient (Wildman–Crippen LogP) is 17.2. The van der Waals surface area contributed by atoms with Gasteiger partial charge in [-0.15, -0.1) is 0 Å². The maximum atomic E-state index is 5.88. The van der Waals surface area contributed by atoms with Gasteiger partial charge in [0.1, 0.15) is 11.5 Å². The molecule has 2 saturated carbocycles. The van der Waals surface area contributed by atoms with E-state index in [9.17, 15) is 0 Å². The Morgan fingerprint density at radius 3 is 1.06 bits per heavy atom. The van der Waals surface area contributed by atoms with Gasteiger partial charge in [-0.05, 0) is 122 Å². The van der Waals surface area contributed by atoms with Crippen molar-refractivity contribution >= 4 is 0 Å². The summed E-state index contributed by atoms with van der Waals surface area (Å²) in [4.78, 5) is 18.6. The number of aromatic nitrogens is 4. The normalized spacial score (nSPS) is 18.5. The number of aryl methyl sites for hydroxylation is 2. The zero-order valence-electron chi connectivity index (χ0n) is 41.8.